The van der Waals surface area contributed by atoms with Gasteiger partial charge in [0.25, 0.3) is 5.91 Å². The minimum atomic E-state index is -5.08. The number of halogens is 3. The molecule has 0 aliphatic heterocycles. The summed E-state index contributed by atoms with van der Waals surface area (Å²) in [6.07, 6.45) is -0.792. The Kier molecular flexibility index (Phi) is 7.62. The van der Waals surface area contributed by atoms with Crippen LogP contribution in [0, 0.1) is 6.92 Å². The number of nitrogens with zero attached hydrogens (tertiary/aromatic N) is 5. The summed E-state index contributed by atoms with van der Waals surface area (Å²) in [5, 5.41) is 19.5. The van der Waals surface area contributed by atoms with Gasteiger partial charge >= 0.3 is 12.1 Å². The minimum absolute atomic E-state index is 0.108. The number of carbonyl (C=O) groups excluding carboxylic acids is 1. The molecule has 4 aromatic rings. The zero-order valence-corrected chi connectivity index (χ0v) is 19.2. The molecule has 2 N–H and O–H groups in total. The molecular formula is C23H23F3N6O3. The van der Waals surface area contributed by atoms with Crippen LogP contribution in [-0.2, 0) is 11.2 Å². The lowest BCUT2D eigenvalue weighted by atomic mass is 10.1. The van der Waals surface area contributed by atoms with Gasteiger partial charge in [-0.3, -0.25) is 9.78 Å². The molecule has 12 heteroatoms. The van der Waals surface area contributed by atoms with Crippen LogP contribution in [0.4, 0.5) is 13.2 Å². The van der Waals surface area contributed by atoms with Crippen molar-refractivity contribution in [2.24, 2.45) is 0 Å². The van der Waals surface area contributed by atoms with E-state index in [4.69, 9.17) is 9.90 Å². The molecule has 0 radical (unpaired) electrons. The van der Waals surface area contributed by atoms with Crippen LogP contribution in [0.3, 0.4) is 0 Å². The number of pyridine rings is 1. The van der Waals surface area contributed by atoms with E-state index in [0.29, 0.717) is 17.8 Å². The number of carbonyl (C=O) groups is 2. The molecule has 4 rings (SSSR count). The molecule has 3 heterocycles. The maximum Gasteiger partial charge on any atom is 0.490 e. The summed E-state index contributed by atoms with van der Waals surface area (Å²) in [6.45, 7) is 6.73. The van der Waals surface area contributed by atoms with Crippen molar-refractivity contribution in [3.05, 3.63) is 59.7 Å². The molecule has 0 bridgehead atoms. The second kappa shape index (κ2) is 10.5. The molecule has 0 aliphatic rings. The van der Waals surface area contributed by atoms with E-state index in [9.17, 15) is 18.0 Å². The van der Waals surface area contributed by atoms with E-state index >= 15 is 0 Å². The third-order valence-corrected chi connectivity index (χ3v) is 5.02. The number of aromatic nitrogens is 5. The predicted molar refractivity (Wildman–Crippen MR) is 122 cm³/mol. The van der Waals surface area contributed by atoms with E-state index in [1.54, 1.807) is 12.3 Å². The fourth-order valence-corrected chi connectivity index (χ4v) is 3.51. The fraction of sp³-hybridized carbons (Fsp3) is 0.304. The molecule has 0 fully saturated rings. The van der Waals surface area contributed by atoms with Crippen LogP contribution in [0.25, 0.3) is 22.1 Å². The van der Waals surface area contributed by atoms with Crippen LogP contribution in [0.15, 0.2) is 42.7 Å². The second-order valence-corrected chi connectivity index (χ2v) is 7.90. The average molecular weight is 488 g/mol. The van der Waals surface area contributed by atoms with Gasteiger partial charge in [0, 0.05) is 35.9 Å². The van der Waals surface area contributed by atoms with Crippen molar-refractivity contribution in [1.29, 1.82) is 0 Å². The van der Waals surface area contributed by atoms with Crippen LogP contribution in [-0.4, -0.2) is 54.4 Å². The molecule has 9 nitrogen and oxygen atoms in total. The first-order valence-electron chi connectivity index (χ1n) is 10.6. The van der Waals surface area contributed by atoms with Gasteiger partial charge in [0.2, 0.25) is 5.65 Å². The number of alkyl halides is 3. The molecule has 184 valence electrons. The lowest BCUT2D eigenvalue weighted by Crippen LogP contribution is -2.25. The van der Waals surface area contributed by atoms with E-state index in [1.807, 2.05) is 37.4 Å². The summed E-state index contributed by atoms with van der Waals surface area (Å²) in [5.74, 6) is -1.98. The lowest BCUT2D eigenvalue weighted by molar-refractivity contribution is -0.192. The Bertz CT molecular complexity index is 1350. The van der Waals surface area contributed by atoms with Gasteiger partial charge in [-0.05, 0) is 57.0 Å². The fourth-order valence-electron chi connectivity index (χ4n) is 3.51. The molecule has 0 unspecified atom stereocenters. The number of fused-ring (bicyclic) bond motifs is 3. The lowest BCUT2D eigenvalue weighted by Gasteiger charge is -2.12. The predicted octanol–water partition coefficient (Wildman–Crippen LogP) is 3.87. The smallest absolute Gasteiger partial charge is 0.475 e. The Morgan fingerprint density at radius 3 is 2.49 bits per heavy atom. The second-order valence-electron chi connectivity index (χ2n) is 7.90. The van der Waals surface area contributed by atoms with Crippen LogP contribution < -0.4 is 5.32 Å². The normalized spacial score (nSPS) is 11.4. The Balaban J connectivity index is 0.000000429. The zero-order valence-electron chi connectivity index (χ0n) is 19.2. The van der Waals surface area contributed by atoms with Crippen molar-refractivity contribution in [3.63, 3.8) is 0 Å². The van der Waals surface area contributed by atoms with Gasteiger partial charge in [-0.25, -0.2) is 9.78 Å². The molecule has 3 aromatic heterocycles. The Hall–Kier alpha value is -4.09. The van der Waals surface area contributed by atoms with Gasteiger partial charge < -0.3 is 15.0 Å². The van der Waals surface area contributed by atoms with Crippen LogP contribution >= 0.6 is 0 Å². The quantitative estimate of drug-likeness (QED) is 0.437. The molecule has 35 heavy (non-hydrogen) atoms. The number of carboxylic acids is 1. The van der Waals surface area contributed by atoms with Crippen molar-refractivity contribution < 1.29 is 27.9 Å². The molecule has 0 saturated heterocycles. The van der Waals surface area contributed by atoms with Crippen molar-refractivity contribution in [2.75, 3.05) is 6.54 Å². The first kappa shape index (κ1) is 25.5. The number of benzene rings is 1. The molecule has 1 amide bonds. The maximum atomic E-state index is 12.7. The highest BCUT2D eigenvalue weighted by Gasteiger charge is 2.38. The SMILES string of the molecule is Cc1nc2nnc3ccc(C(=O)NCCc4cccnc4)cc3c2n1C(C)C.O=C(O)C(F)(F)F. The number of imidazole rings is 1. The summed E-state index contributed by atoms with van der Waals surface area (Å²) >= 11 is 0. The van der Waals surface area contributed by atoms with Crippen LogP contribution in [0.2, 0.25) is 0 Å². The van der Waals surface area contributed by atoms with E-state index in [1.165, 1.54) is 0 Å². The Morgan fingerprint density at radius 1 is 1.17 bits per heavy atom. The van der Waals surface area contributed by atoms with Gasteiger partial charge in [-0.15, -0.1) is 10.2 Å². The Labute approximate surface area is 198 Å². The third kappa shape index (κ3) is 6.08. The number of amides is 1. The van der Waals surface area contributed by atoms with Crippen molar-refractivity contribution in [3.8, 4) is 0 Å². The number of hydrogen-bond acceptors (Lipinski definition) is 6. The number of aliphatic carboxylic acids is 1. The highest BCUT2D eigenvalue weighted by molar-refractivity contribution is 6.05. The monoisotopic (exact) mass is 488 g/mol. The summed E-state index contributed by atoms with van der Waals surface area (Å²) in [7, 11) is 0. The molecule has 0 atom stereocenters. The standard InChI is InChI=1S/C21H22N6O.C2HF3O2/c1-13(2)27-14(3)24-20-19(27)17-11-16(6-7-18(17)25-26-20)21(28)23-10-8-15-5-4-9-22-12-15;3-2(4,5)1(6)7/h4-7,9,11-13H,8,10H2,1-3H3,(H,23,28);(H,6,7). The van der Waals surface area contributed by atoms with E-state index < -0.39 is 12.1 Å². The van der Waals surface area contributed by atoms with Crippen molar-refractivity contribution >= 4 is 33.9 Å². The summed E-state index contributed by atoms with van der Waals surface area (Å²) in [5.41, 5.74) is 3.97. The van der Waals surface area contributed by atoms with Gasteiger partial charge in [0.15, 0.2) is 0 Å². The first-order chi connectivity index (χ1) is 16.5. The highest BCUT2D eigenvalue weighted by Crippen LogP contribution is 2.27. The molecule has 0 spiro atoms. The zero-order chi connectivity index (χ0) is 25.8. The largest absolute Gasteiger partial charge is 0.490 e. The minimum Gasteiger partial charge on any atom is -0.475 e. The van der Waals surface area contributed by atoms with Crippen LogP contribution in [0.5, 0.6) is 0 Å². The Morgan fingerprint density at radius 2 is 1.89 bits per heavy atom. The molecule has 0 aliphatic carbocycles. The summed E-state index contributed by atoms with van der Waals surface area (Å²) in [6, 6.07) is 9.63. The number of carboxylic acid groups (broad SMARTS) is 1. The maximum absolute atomic E-state index is 12.7. The summed E-state index contributed by atoms with van der Waals surface area (Å²) < 4.78 is 33.9. The van der Waals surface area contributed by atoms with Gasteiger partial charge in [0.05, 0.1) is 11.0 Å². The van der Waals surface area contributed by atoms with Crippen molar-refractivity contribution in [1.82, 2.24) is 30.0 Å². The van der Waals surface area contributed by atoms with Crippen LogP contribution in [0.1, 0.15) is 41.6 Å². The molecular weight excluding hydrogens is 465 g/mol. The van der Waals surface area contributed by atoms with Crippen molar-refractivity contribution in [2.45, 2.75) is 39.4 Å². The molecule has 1 aromatic carbocycles. The van der Waals surface area contributed by atoms with E-state index in [2.05, 4.69) is 43.9 Å². The molecule has 0 saturated carbocycles. The highest BCUT2D eigenvalue weighted by atomic mass is 19.4. The first-order valence-corrected chi connectivity index (χ1v) is 10.6. The van der Waals surface area contributed by atoms with Gasteiger partial charge in [0.1, 0.15) is 5.82 Å². The van der Waals surface area contributed by atoms with Gasteiger partial charge in [-0.2, -0.15) is 13.2 Å². The average Bonchev–Trinajstić information content (AvgIpc) is 3.15. The number of hydrogen-bond donors (Lipinski definition) is 2. The number of aryl methyl sites for hydroxylation is 1. The van der Waals surface area contributed by atoms with E-state index in [0.717, 1.165) is 34.2 Å². The topological polar surface area (TPSA) is 123 Å². The third-order valence-electron chi connectivity index (χ3n) is 5.02. The number of nitrogens with one attached hydrogen (secondary N) is 1. The van der Waals surface area contributed by atoms with E-state index in [-0.39, 0.29) is 11.9 Å². The number of rotatable bonds is 5. The summed E-state index contributed by atoms with van der Waals surface area (Å²) in [4.78, 5) is 30.2. The van der Waals surface area contributed by atoms with Gasteiger partial charge in [-0.1, -0.05) is 6.07 Å².